The average Bonchev–Trinajstić information content (AvgIpc) is 2.75. The van der Waals surface area contributed by atoms with Gasteiger partial charge in [-0.05, 0) is 19.1 Å². The number of phenols is 2. The molecule has 0 spiro atoms. The van der Waals surface area contributed by atoms with E-state index in [1.165, 1.54) is 12.1 Å². The van der Waals surface area contributed by atoms with Crippen LogP contribution in [0.5, 0.6) is 11.5 Å². The number of carbonyl (C=O) groups is 1. The summed E-state index contributed by atoms with van der Waals surface area (Å²) >= 11 is 0. The van der Waals surface area contributed by atoms with Crippen molar-refractivity contribution in [1.29, 1.82) is 0 Å². The molecule has 2 rings (SSSR count). The van der Waals surface area contributed by atoms with E-state index in [0.29, 0.717) is 12.4 Å². The highest BCUT2D eigenvalue weighted by Gasteiger charge is 2.10. The molecule has 18 heavy (non-hydrogen) atoms. The maximum atomic E-state index is 11.8. The summed E-state index contributed by atoms with van der Waals surface area (Å²) in [5, 5.41) is 25.3. The van der Waals surface area contributed by atoms with Gasteiger partial charge in [0.05, 0.1) is 0 Å². The number of hydrogen-bond donors (Lipinski definition) is 3. The first kappa shape index (κ1) is 12.0. The van der Waals surface area contributed by atoms with Crippen LogP contribution in [0.3, 0.4) is 0 Å². The van der Waals surface area contributed by atoms with E-state index in [4.69, 9.17) is 0 Å². The van der Waals surface area contributed by atoms with Gasteiger partial charge in [0.15, 0.2) is 5.82 Å². The number of rotatable bonds is 3. The van der Waals surface area contributed by atoms with Crippen LogP contribution < -0.4 is 5.32 Å². The molecule has 0 atom stereocenters. The number of aromatic hydroxyl groups is 2. The molecule has 1 aromatic heterocycles. The van der Waals surface area contributed by atoms with Gasteiger partial charge < -0.3 is 15.5 Å². The van der Waals surface area contributed by atoms with Gasteiger partial charge in [0.2, 0.25) is 0 Å². The molecular formula is C12H13N3O3. The summed E-state index contributed by atoms with van der Waals surface area (Å²) in [4.78, 5) is 11.8. The molecule has 0 bridgehead atoms. The Kier molecular flexibility index (Phi) is 3.18. The molecule has 0 aliphatic carbocycles. The van der Waals surface area contributed by atoms with Crippen LogP contribution in [0.25, 0.3) is 0 Å². The van der Waals surface area contributed by atoms with Crippen molar-refractivity contribution in [2.45, 2.75) is 13.5 Å². The van der Waals surface area contributed by atoms with Gasteiger partial charge in [0.25, 0.3) is 5.91 Å². The number of aryl methyl sites for hydroxylation is 1. The zero-order valence-electron chi connectivity index (χ0n) is 9.79. The molecule has 0 saturated heterocycles. The van der Waals surface area contributed by atoms with Crippen molar-refractivity contribution in [3.63, 3.8) is 0 Å². The number of aromatic nitrogens is 2. The Balaban J connectivity index is 2.16. The maximum Gasteiger partial charge on any atom is 0.257 e. The highest BCUT2D eigenvalue weighted by Crippen LogP contribution is 2.21. The number of anilines is 1. The Morgan fingerprint density at radius 1 is 1.33 bits per heavy atom. The molecule has 0 aliphatic rings. The smallest absolute Gasteiger partial charge is 0.257 e. The van der Waals surface area contributed by atoms with Crippen LogP contribution in [0.4, 0.5) is 5.82 Å². The van der Waals surface area contributed by atoms with E-state index in [0.717, 1.165) is 6.07 Å². The van der Waals surface area contributed by atoms with E-state index in [-0.39, 0.29) is 17.1 Å². The summed E-state index contributed by atoms with van der Waals surface area (Å²) in [7, 11) is 0. The fourth-order valence-electron chi connectivity index (χ4n) is 1.52. The molecule has 6 heteroatoms. The van der Waals surface area contributed by atoms with E-state index in [1.807, 2.05) is 6.92 Å². The summed E-state index contributed by atoms with van der Waals surface area (Å²) in [6.45, 7) is 2.65. The van der Waals surface area contributed by atoms with Gasteiger partial charge in [-0.3, -0.25) is 9.48 Å². The molecular weight excluding hydrogens is 234 g/mol. The second kappa shape index (κ2) is 4.79. The predicted molar refractivity (Wildman–Crippen MR) is 65.6 cm³/mol. The van der Waals surface area contributed by atoms with Crippen LogP contribution in [-0.2, 0) is 6.54 Å². The van der Waals surface area contributed by atoms with Crippen molar-refractivity contribution in [2.24, 2.45) is 0 Å². The molecule has 1 aromatic carbocycles. The Labute approximate surface area is 103 Å². The Hall–Kier alpha value is -2.50. The van der Waals surface area contributed by atoms with Crippen molar-refractivity contribution >= 4 is 11.7 Å². The molecule has 0 fully saturated rings. The second-order valence-corrected chi connectivity index (χ2v) is 3.75. The van der Waals surface area contributed by atoms with Gasteiger partial charge in [0.1, 0.15) is 11.5 Å². The average molecular weight is 247 g/mol. The predicted octanol–water partition coefficient (Wildman–Crippen LogP) is 1.57. The molecule has 6 nitrogen and oxygen atoms in total. The minimum atomic E-state index is -0.442. The number of phenolic OH excluding ortho intramolecular Hbond substituents is 2. The van der Waals surface area contributed by atoms with E-state index in [1.54, 1.807) is 16.9 Å². The number of carbonyl (C=O) groups excluding carboxylic acids is 1. The lowest BCUT2D eigenvalue weighted by molar-refractivity contribution is 0.102. The normalized spacial score (nSPS) is 10.3. The SMILES string of the molecule is CCn1ccc(NC(=O)c2cc(O)cc(O)c2)n1. The van der Waals surface area contributed by atoms with Crippen LogP contribution in [0.1, 0.15) is 17.3 Å². The highest BCUT2D eigenvalue weighted by molar-refractivity contribution is 6.04. The first-order valence-corrected chi connectivity index (χ1v) is 5.46. The summed E-state index contributed by atoms with van der Waals surface area (Å²) < 4.78 is 1.68. The number of benzene rings is 1. The van der Waals surface area contributed by atoms with Gasteiger partial charge >= 0.3 is 0 Å². The van der Waals surface area contributed by atoms with Crippen LogP contribution in [0.15, 0.2) is 30.5 Å². The minimum Gasteiger partial charge on any atom is -0.508 e. The molecule has 1 heterocycles. The number of amides is 1. The number of nitrogens with zero attached hydrogens (tertiary/aromatic N) is 2. The molecule has 0 radical (unpaired) electrons. The second-order valence-electron chi connectivity index (χ2n) is 3.75. The third kappa shape index (κ3) is 2.60. The highest BCUT2D eigenvalue weighted by atomic mass is 16.3. The lowest BCUT2D eigenvalue weighted by Gasteiger charge is -2.03. The lowest BCUT2D eigenvalue weighted by Crippen LogP contribution is -2.12. The van der Waals surface area contributed by atoms with Crippen molar-refractivity contribution in [3.8, 4) is 11.5 Å². The molecule has 3 N–H and O–H groups in total. The molecule has 2 aromatic rings. The van der Waals surface area contributed by atoms with Crippen molar-refractivity contribution in [1.82, 2.24) is 9.78 Å². The third-order valence-corrected chi connectivity index (χ3v) is 2.37. The van der Waals surface area contributed by atoms with Gasteiger partial charge in [-0.15, -0.1) is 0 Å². The van der Waals surface area contributed by atoms with Gasteiger partial charge in [-0.2, -0.15) is 5.10 Å². The summed E-state index contributed by atoms with van der Waals surface area (Å²) in [6.07, 6.45) is 1.75. The standard InChI is InChI=1S/C12H13N3O3/c1-2-15-4-3-11(14-15)13-12(18)8-5-9(16)7-10(17)6-8/h3-7,16-17H,2H2,1H3,(H,13,14,18). The summed E-state index contributed by atoms with van der Waals surface area (Å²) in [5.41, 5.74) is 0.165. The van der Waals surface area contributed by atoms with Crippen LogP contribution in [0, 0.1) is 0 Å². The number of hydrogen-bond acceptors (Lipinski definition) is 4. The zero-order valence-corrected chi connectivity index (χ0v) is 9.79. The van der Waals surface area contributed by atoms with Gasteiger partial charge in [0, 0.05) is 30.4 Å². The van der Waals surface area contributed by atoms with E-state index in [9.17, 15) is 15.0 Å². The van der Waals surface area contributed by atoms with E-state index < -0.39 is 5.91 Å². The van der Waals surface area contributed by atoms with E-state index in [2.05, 4.69) is 10.4 Å². The fraction of sp³-hybridized carbons (Fsp3) is 0.167. The van der Waals surface area contributed by atoms with Crippen LogP contribution in [-0.4, -0.2) is 25.9 Å². The maximum absolute atomic E-state index is 11.8. The quantitative estimate of drug-likeness (QED) is 0.768. The monoisotopic (exact) mass is 247 g/mol. The Morgan fingerprint density at radius 2 is 2.00 bits per heavy atom. The molecule has 1 amide bonds. The van der Waals surface area contributed by atoms with E-state index >= 15 is 0 Å². The minimum absolute atomic E-state index is 0.165. The zero-order chi connectivity index (χ0) is 13.1. The first-order chi connectivity index (χ1) is 8.58. The molecule has 0 saturated carbocycles. The topological polar surface area (TPSA) is 87.4 Å². The van der Waals surface area contributed by atoms with Gasteiger partial charge in [-0.1, -0.05) is 0 Å². The molecule has 94 valence electrons. The van der Waals surface area contributed by atoms with Crippen molar-refractivity contribution < 1.29 is 15.0 Å². The summed E-state index contributed by atoms with van der Waals surface area (Å²) in [5.74, 6) is -0.356. The van der Waals surface area contributed by atoms with Crippen LogP contribution >= 0.6 is 0 Å². The molecule has 0 unspecified atom stereocenters. The fourth-order valence-corrected chi connectivity index (χ4v) is 1.52. The van der Waals surface area contributed by atoms with Crippen molar-refractivity contribution in [2.75, 3.05) is 5.32 Å². The molecule has 0 aliphatic heterocycles. The Morgan fingerprint density at radius 3 is 2.56 bits per heavy atom. The third-order valence-electron chi connectivity index (χ3n) is 2.37. The van der Waals surface area contributed by atoms with Crippen molar-refractivity contribution in [3.05, 3.63) is 36.0 Å². The van der Waals surface area contributed by atoms with Gasteiger partial charge in [-0.25, -0.2) is 0 Å². The van der Waals surface area contributed by atoms with Crippen LogP contribution in [0.2, 0.25) is 0 Å². The largest absolute Gasteiger partial charge is 0.508 e. The summed E-state index contributed by atoms with van der Waals surface area (Å²) in [6, 6.07) is 5.37. The first-order valence-electron chi connectivity index (χ1n) is 5.46. The number of nitrogens with one attached hydrogen (secondary N) is 1. The lowest BCUT2D eigenvalue weighted by atomic mass is 10.2. The Bertz CT molecular complexity index is 557.